The average molecular weight is 356 g/mol. The summed E-state index contributed by atoms with van der Waals surface area (Å²) in [7, 11) is 2.07. The van der Waals surface area contributed by atoms with Crippen molar-refractivity contribution in [3.8, 4) is 0 Å². The Labute approximate surface area is 154 Å². The minimum atomic E-state index is 0.0791. The number of nitrogens with zero attached hydrogens (tertiary/aromatic N) is 5. The SMILES string of the molecule is Cn1c(CN2CCCCC2)nnc1[C@@H]1CCCN(C(=O)c2ccc[nH]2)C1. The van der Waals surface area contributed by atoms with Crippen molar-refractivity contribution >= 4 is 5.91 Å². The van der Waals surface area contributed by atoms with Gasteiger partial charge in [0.2, 0.25) is 0 Å². The molecule has 4 heterocycles. The van der Waals surface area contributed by atoms with Gasteiger partial charge in [-0.15, -0.1) is 10.2 Å². The van der Waals surface area contributed by atoms with Crippen molar-refractivity contribution in [2.75, 3.05) is 26.2 Å². The first-order valence-corrected chi connectivity index (χ1v) is 9.75. The number of hydrogen-bond donors (Lipinski definition) is 1. The Balaban J connectivity index is 1.44. The molecule has 0 aromatic carbocycles. The van der Waals surface area contributed by atoms with Gasteiger partial charge in [0.1, 0.15) is 17.3 Å². The molecular formula is C19H28N6O. The number of aromatic amines is 1. The van der Waals surface area contributed by atoms with E-state index in [2.05, 4.69) is 31.7 Å². The zero-order chi connectivity index (χ0) is 17.9. The third-order valence-corrected chi connectivity index (χ3v) is 5.71. The highest BCUT2D eigenvalue weighted by Gasteiger charge is 2.29. The van der Waals surface area contributed by atoms with Gasteiger partial charge in [0.15, 0.2) is 0 Å². The van der Waals surface area contributed by atoms with Gasteiger partial charge >= 0.3 is 0 Å². The van der Waals surface area contributed by atoms with Crippen LogP contribution in [0.1, 0.15) is 60.2 Å². The topological polar surface area (TPSA) is 70.1 Å². The smallest absolute Gasteiger partial charge is 0.270 e. The summed E-state index contributed by atoms with van der Waals surface area (Å²) >= 11 is 0. The molecular weight excluding hydrogens is 328 g/mol. The van der Waals surface area contributed by atoms with Gasteiger partial charge in [-0.2, -0.15) is 0 Å². The number of H-pyrrole nitrogens is 1. The molecule has 0 spiro atoms. The molecule has 2 aromatic rings. The predicted molar refractivity (Wildman–Crippen MR) is 98.8 cm³/mol. The van der Waals surface area contributed by atoms with Crippen LogP contribution in [0, 0.1) is 0 Å². The summed E-state index contributed by atoms with van der Waals surface area (Å²) in [4.78, 5) is 20.1. The summed E-state index contributed by atoms with van der Waals surface area (Å²) < 4.78 is 2.15. The van der Waals surface area contributed by atoms with Crippen molar-refractivity contribution in [1.29, 1.82) is 0 Å². The number of rotatable bonds is 4. The van der Waals surface area contributed by atoms with E-state index in [0.29, 0.717) is 12.2 Å². The zero-order valence-electron chi connectivity index (χ0n) is 15.5. The Morgan fingerprint density at radius 2 is 2.04 bits per heavy atom. The van der Waals surface area contributed by atoms with E-state index in [1.54, 1.807) is 6.20 Å². The maximum atomic E-state index is 12.6. The summed E-state index contributed by atoms with van der Waals surface area (Å²) in [5.74, 6) is 2.39. The maximum Gasteiger partial charge on any atom is 0.270 e. The van der Waals surface area contributed by atoms with E-state index in [9.17, 15) is 4.79 Å². The third-order valence-electron chi connectivity index (χ3n) is 5.71. The monoisotopic (exact) mass is 356 g/mol. The molecule has 140 valence electrons. The van der Waals surface area contributed by atoms with Gasteiger partial charge in [-0.3, -0.25) is 9.69 Å². The van der Waals surface area contributed by atoms with Gasteiger partial charge in [-0.05, 0) is 50.9 Å². The largest absolute Gasteiger partial charge is 0.357 e. The maximum absolute atomic E-state index is 12.6. The standard InChI is InChI=1S/C19H28N6O/c1-23-17(14-24-10-3-2-4-11-24)21-22-18(23)15-7-6-12-25(13-15)19(26)16-8-5-9-20-16/h5,8-9,15,20H,2-4,6-7,10-14H2,1H3/t15-/m1/s1. The van der Waals surface area contributed by atoms with Crippen LogP contribution in [0.3, 0.4) is 0 Å². The molecule has 2 aliphatic rings. The van der Waals surface area contributed by atoms with Gasteiger partial charge in [0, 0.05) is 32.3 Å². The van der Waals surface area contributed by atoms with Crippen LogP contribution in [0.5, 0.6) is 0 Å². The lowest BCUT2D eigenvalue weighted by atomic mass is 9.97. The molecule has 0 aliphatic carbocycles. The molecule has 1 atom stereocenters. The fourth-order valence-corrected chi connectivity index (χ4v) is 4.19. The van der Waals surface area contributed by atoms with Crippen LogP contribution >= 0.6 is 0 Å². The lowest BCUT2D eigenvalue weighted by molar-refractivity contribution is 0.0698. The van der Waals surface area contributed by atoms with Crippen LogP contribution in [0.15, 0.2) is 18.3 Å². The quantitative estimate of drug-likeness (QED) is 0.911. The molecule has 2 saturated heterocycles. The number of amides is 1. The molecule has 4 rings (SSSR count). The van der Waals surface area contributed by atoms with Gasteiger partial charge in [0.25, 0.3) is 5.91 Å². The number of carbonyl (C=O) groups excluding carboxylic acids is 1. The van der Waals surface area contributed by atoms with Gasteiger partial charge in [0.05, 0.1) is 6.54 Å². The molecule has 1 amide bonds. The Bertz CT molecular complexity index is 731. The Kier molecular flexibility index (Phi) is 5.06. The number of aromatic nitrogens is 4. The lowest BCUT2D eigenvalue weighted by Crippen LogP contribution is -2.40. The van der Waals surface area contributed by atoms with E-state index < -0.39 is 0 Å². The number of nitrogens with one attached hydrogen (secondary N) is 1. The van der Waals surface area contributed by atoms with Gasteiger partial charge in [-0.25, -0.2) is 0 Å². The van der Waals surface area contributed by atoms with Gasteiger partial charge in [-0.1, -0.05) is 6.42 Å². The molecule has 7 heteroatoms. The summed E-state index contributed by atoms with van der Waals surface area (Å²) in [6.07, 6.45) is 7.76. The summed E-state index contributed by atoms with van der Waals surface area (Å²) in [6.45, 7) is 4.72. The van der Waals surface area contributed by atoms with E-state index >= 15 is 0 Å². The van der Waals surface area contributed by atoms with Crippen LogP contribution < -0.4 is 0 Å². The number of carbonyl (C=O) groups is 1. The highest BCUT2D eigenvalue weighted by atomic mass is 16.2. The van der Waals surface area contributed by atoms with Crippen LogP contribution in [-0.2, 0) is 13.6 Å². The Hall–Kier alpha value is -2.15. The normalized spacial score (nSPS) is 21.9. The second kappa shape index (κ2) is 7.61. The first-order chi connectivity index (χ1) is 12.7. The number of likely N-dealkylation sites (tertiary alicyclic amines) is 2. The second-order valence-electron chi connectivity index (χ2n) is 7.54. The molecule has 2 fully saturated rings. The van der Waals surface area contributed by atoms with Crippen molar-refractivity contribution in [2.24, 2.45) is 7.05 Å². The van der Waals surface area contributed by atoms with Crippen molar-refractivity contribution in [2.45, 2.75) is 44.6 Å². The van der Waals surface area contributed by atoms with Crippen molar-refractivity contribution in [3.63, 3.8) is 0 Å². The summed E-state index contributed by atoms with van der Waals surface area (Å²) in [5.41, 5.74) is 0.661. The fourth-order valence-electron chi connectivity index (χ4n) is 4.19. The predicted octanol–water partition coefficient (Wildman–Crippen LogP) is 2.15. The van der Waals surface area contributed by atoms with Crippen LogP contribution in [-0.4, -0.2) is 61.6 Å². The first kappa shape index (κ1) is 17.3. The minimum Gasteiger partial charge on any atom is -0.357 e. The molecule has 0 unspecified atom stereocenters. The van der Waals surface area contributed by atoms with Gasteiger partial charge < -0.3 is 14.5 Å². The molecule has 7 nitrogen and oxygen atoms in total. The number of piperidine rings is 2. The van der Waals surface area contributed by atoms with Crippen LogP contribution in [0.25, 0.3) is 0 Å². The highest BCUT2D eigenvalue weighted by molar-refractivity contribution is 5.92. The van der Waals surface area contributed by atoms with Crippen molar-refractivity contribution in [1.82, 2.24) is 29.5 Å². The third kappa shape index (κ3) is 3.53. The lowest BCUT2D eigenvalue weighted by Gasteiger charge is -2.32. The zero-order valence-corrected chi connectivity index (χ0v) is 15.5. The molecule has 0 bridgehead atoms. The van der Waals surface area contributed by atoms with Crippen LogP contribution in [0.4, 0.5) is 0 Å². The van der Waals surface area contributed by atoms with Crippen molar-refractivity contribution < 1.29 is 4.79 Å². The molecule has 2 aliphatic heterocycles. The molecule has 26 heavy (non-hydrogen) atoms. The van der Waals surface area contributed by atoms with E-state index in [1.807, 2.05) is 17.0 Å². The van der Waals surface area contributed by atoms with E-state index in [-0.39, 0.29) is 11.8 Å². The molecule has 0 radical (unpaired) electrons. The molecule has 1 N–H and O–H groups in total. The summed E-state index contributed by atoms with van der Waals surface area (Å²) in [6, 6.07) is 3.70. The van der Waals surface area contributed by atoms with Crippen LogP contribution in [0.2, 0.25) is 0 Å². The fraction of sp³-hybridized carbons (Fsp3) is 0.632. The first-order valence-electron chi connectivity index (χ1n) is 9.75. The van der Waals surface area contributed by atoms with Crippen molar-refractivity contribution in [3.05, 3.63) is 35.7 Å². The average Bonchev–Trinajstić information content (AvgIpc) is 3.33. The molecule has 0 saturated carbocycles. The number of hydrogen-bond acceptors (Lipinski definition) is 4. The molecule has 2 aromatic heterocycles. The summed E-state index contributed by atoms with van der Waals surface area (Å²) in [5, 5.41) is 8.97. The second-order valence-corrected chi connectivity index (χ2v) is 7.54. The Morgan fingerprint density at radius 1 is 1.19 bits per heavy atom. The van der Waals surface area contributed by atoms with E-state index in [1.165, 1.54) is 19.3 Å². The highest BCUT2D eigenvalue weighted by Crippen LogP contribution is 2.27. The Morgan fingerprint density at radius 3 is 2.81 bits per heavy atom. The van der Waals surface area contributed by atoms with E-state index in [0.717, 1.165) is 50.7 Å². The van der Waals surface area contributed by atoms with E-state index in [4.69, 9.17) is 0 Å². The minimum absolute atomic E-state index is 0.0791.